The molecule has 1 saturated heterocycles. The summed E-state index contributed by atoms with van der Waals surface area (Å²) in [6, 6.07) is 4.21. The fraction of sp³-hybridized carbons (Fsp3) is 0.500. The van der Waals surface area contributed by atoms with Crippen LogP contribution in [0.4, 0.5) is 4.39 Å². The van der Waals surface area contributed by atoms with Crippen LogP contribution in [-0.4, -0.2) is 80.4 Å². The summed E-state index contributed by atoms with van der Waals surface area (Å²) in [5.41, 5.74) is 0.307. The Morgan fingerprint density at radius 3 is 2.39 bits per heavy atom. The third kappa shape index (κ3) is 4.19. The van der Waals surface area contributed by atoms with Gasteiger partial charge in [0.25, 0.3) is 5.91 Å². The molecule has 1 aliphatic heterocycles. The number of carbonyl (C=O) groups is 2. The fourth-order valence-electron chi connectivity index (χ4n) is 2.42. The van der Waals surface area contributed by atoms with Crippen LogP contribution in [0.5, 0.6) is 5.75 Å². The molecule has 0 aliphatic carbocycles. The maximum atomic E-state index is 13.7. The average molecular weight is 323 g/mol. The quantitative estimate of drug-likeness (QED) is 0.818. The number of piperazine rings is 1. The standard InChI is InChI=1S/C16H22FN3O3/c1-18(2)15(21)11-19-6-8-20(9-7-19)16(22)12-4-5-14(23-3)13(17)10-12/h4-5,10H,6-9,11H2,1-3H3. The molecular formula is C16H22FN3O3. The largest absolute Gasteiger partial charge is 0.494 e. The third-order valence-corrected chi connectivity index (χ3v) is 3.92. The lowest BCUT2D eigenvalue weighted by Gasteiger charge is -2.34. The van der Waals surface area contributed by atoms with Crippen molar-refractivity contribution < 1.29 is 18.7 Å². The van der Waals surface area contributed by atoms with Gasteiger partial charge in [-0.15, -0.1) is 0 Å². The van der Waals surface area contributed by atoms with Gasteiger partial charge in [0.1, 0.15) is 0 Å². The molecule has 126 valence electrons. The highest BCUT2D eigenvalue weighted by molar-refractivity contribution is 5.94. The molecule has 0 bridgehead atoms. The summed E-state index contributed by atoms with van der Waals surface area (Å²) in [4.78, 5) is 29.4. The lowest BCUT2D eigenvalue weighted by molar-refractivity contribution is -0.130. The van der Waals surface area contributed by atoms with Gasteiger partial charge in [0.15, 0.2) is 11.6 Å². The number of hydrogen-bond donors (Lipinski definition) is 0. The molecule has 1 aromatic carbocycles. The van der Waals surface area contributed by atoms with Crippen LogP contribution >= 0.6 is 0 Å². The number of likely N-dealkylation sites (N-methyl/N-ethyl adjacent to an activating group) is 1. The Morgan fingerprint density at radius 2 is 1.87 bits per heavy atom. The normalized spacial score (nSPS) is 15.4. The number of hydrogen-bond acceptors (Lipinski definition) is 4. The number of nitrogens with zero attached hydrogens (tertiary/aromatic N) is 3. The highest BCUT2D eigenvalue weighted by atomic mass is 19.1. The predicted octanol–water partition coefficient (Wildman–Crippen LogP) is 0.680. The van der Waals surface area contributed by atoms with Crippen molar-refractivity contribution in [2.45, 2.75) is 0 Å². The minimum Gasteiger partial charge on any atom is -0.494 e. The highest BCUT2D eigenvalue weighted by Gasteiger charge is 2.24. The Bertz CT molecular complexity index is 584. The molecule has 0 aromatic heterocycles. The number of benzene rings is 1. The van der Waals surface area contributed by atoms with Crippen LogP contribution in [0.15, 0.2) is 18.2 Å². The van der Waals surface area contributed by atoms with E-state index in [2.05, 4.69) is 0 Å². The van der Waals surface area contributed by atoms with Crippen LogP contribution in [0.1, 0.15) is 10.4 Å². The van der Waals surface area contributed by atoms with E-state index < -0.39 is 5.82 Å². The lowest BCUT2D eigenvalue weighted by Crippen LogP contribution is -2.51. The Morgan fingerprint density at radius 1 is 1.22 bits per heavy atom. The lowest BCUT2D eigenvalue weighted by atomic mass is 10.1. The Kier molecular flexibility index (Phi) is 5.54. The molecule has 2 amide bonds. The second kappa shape index (κ2) is 7.41. The van der Waals surface area contributed by atoms with Crippen molar-refractivity contribution in [1.82, 2.24) is 14.7 Å². The number of amides is 2. The van der Waals surface area contributed by atoms with Crippen molar-refractivity contribution in [3.8, 4) is 5.75 Å². The zero-order valence-electron chi connectivity index (χ0n) is 13.7. The molecule has 1 aliphatic rings. The van der Waals surface area contributed by atoms with Gasteiger partial charge in [0.2, 0.25) is 5.91 Å². The molecule has 0 N–H and O–H groups in total. The van der Waals surface area contributed by atoms with E-state index in [4.69, 9.17) is 4.74 Å². The first-order chi connectivity index (χ1) is 10.9. The number of methoxy groups -OCH3 is 1. The first-order valence-electron chi connectivity index (χ1n) is 7.47. The van der Waals surface area contributed by atoms with Crippen molar-refractivity contribution in [2.24, 2.45) is 0 Å². The Balaban J connectivity index is 1.93. The topological polar surface area (TPSA) is 53.1 Å². The zero-order chi connectivity index (χ0) is 17.0. The van der Waals surface area contributed by atoms with Crippen LogP contribution < -0.4 is 4.74 Å². The van der Waals surface area contributed by atoms with E-state index in [9.17, 15) is 14.0 Å². The van der Waals surface area contributed by atoms with Gasteiger partial charge in [-0.05, 0) is 18.2 Å². The van der Waals surface area contributed by atoms with Gasteiger partial charge in [-0.25, -0.2) is 4.39 Å². The number of ether oxygens (including phenoxy) is 1. The van der Waals surface area contributed by atoms with Gasteiger partial charge in [0, 0.05) is 45.8 Å². The molecule has 23 heavy (non-hydrogen) atoms. The van der Waals surface area contributed by atoms with Gasteiger partial charge in [-0.2, -0.15) is 0 Å². The van der Waals surface area contributed by atoms with Crippen molar-refractivity contribution in [3.05, 3.63) is 29.6 Å². The van der Waals surface area contributed by atoms with Gasteiger partial charge in [-0.1, -0.05) is 0 Å². The molecule has 0 radical (unpaired) electrons. The maximum absolute atomic E-state index is 13.7. The first kappa shape index (κ1) is 17.2. The summed E-state index contributed by atoms with van der Waals surface area (Å²) in [5, 5.41) is 0. The van der Waals surface area contributed by atoms with E-state index in [0.29, 0.717) is 38.3 Å². The third-order valence-electron chi connectivity index (χ3n) is 3.92. The fourth-order valence-corrected chi connectivity index (χ4v) is 2.42. The molecule has 0 saturated carbocycles. The summed E-state index contributed by atoms with van der Waals surface area (Å²) in [5.74, 6) is -0.589. The van der Waals surface area contributed by atoms with E-state index in [1.165, 1.54) is 19.2 Å². The highest BCUT2D eigenvalue weighted by Crippen LogP contribution is 2.19. The number of rotatable bonds is 4. The van der Waals surface area contributed by atoms with Crippen molar-refractivity contribution >= 4 is 11.8 Å². The molecule has 1 fully saturated rings. The molecule has 1 aromatic rings. The summed E-state index contributed by atoms with van der Waals surface area (Å²) in [6.45, 7) is 2.65. The van der Waals surface area contributed by atoms with E-state index in [1.54, 1.807) is 30.0 Å². The van der Waals surface area contributed by atoms with E-state index >= 15 is 0 Å². The molecule has 2 rings (SSSR count). The van der Waals surface area contributed by atoms with Crippen molar-refractivity contribution in [3.63, 3.8) is 0 Å². The summed E-state index contributed by atoms with van der Waals surface area (Å²) in [6.07, 6.45) is 0. The number of halogens is 1. The molecule has 0 spiro atoms. The SMILES string of the molecule is COc1ccc(C(=O)N2CCN(CC(=O)N(C)C)CC2)cc1F. The van der Waals surface area contributed by atoms with Gasteiger partial charge >= 0.3 is 0 Å². The first-order valence-corrected chi connectivity index (χ1v) is 7.47. The van der Waals surface area contributed by atoms with Crippen molar-refractivity contribution in [1.29, 1.82) is 0 Å². The molecule has 0 unspecified atom stereocenters. The Hall–Kier alpha value is -2.15. The average Bonchev–Trinajstić information content (AvgIpc) is 2.54. The van der Waals surface area contributed by atoms with Gasteiger partial charge in [0.05, 0.1) is 13.7 Å². The summed E-state index contributed by atoms with van der Waals surface area (Å²) < 4.78 is 18.6. The molecular weight excluding hydrogens is 301 g/mol. The minimum absolute atomic E-state index is 0.0435. The molecule has 1 heterocycles. The zero-order valence-corrected chi connectivity index (χ0v) is 13.7. The monoisotopic (exact) mass is 323 g/mol. The van der Waals surface area contributed by atoms with Gasteiger partial charge in [-0.3, -0.25) is 14.5 Å². The molecule has 6 nitrogen and oxygen atoms in total. The van der Waals surface area contributed by atoms with E-state index in [0.717, 1.165) is 0 Å². The van der Waals surface area contributed by atoms with Crippen molar-refractivity contribution in [2.75, 3.05) is 53.9 Å². The van der Waals surface area contributed by atoms with E-state index in [-0.39, 0.29) is 17.6 Å². The van der Waals surface area contributed by atoms with Crippen LogP contribution in [-0.2, 0) is 4.79 Å². The predicted molar refractivity (Wildman–Crippen MR) is 84.0 cm³/mol. The van der Waals surface area contributed by atoms with Crippen LogP contribution in [0.25, 0.3) is 0 Å². The summed E-state index contributed by atoms with van der Waals surface area (Å²) >= 11 is 0. The second-order valence-electron chi connectivity index (χ2n) is 5.71. The smallest absolute Gasteiger partial charge is 0.254 e. The van der Waals surface area contributed by atoms with Crippen LogP contribution in [0, 0.1) is 5.82 Å². The molecule has 7 heteroatoms. The Labute approximate surface area is 135 Å². The molecule has 0 atom stereocenters. The van der Waals surface area contributed by atoms with Crippen LogP contribution in [0.3, 0.4) is 0 Å². The number of carbonyl (C=O) groups excluding carboxylic acids is 2. The second-order valence-corrected chi connectivity index (χ2v) is 5.71. The summed E-state index contributed by atoms with van der Waals surface area (Å²) in [7, 11) is 4.83. The van der Waals surface area contributed by atoms with Crippen LogP contribution in [0.2, 0.25) is 0 Å². The minimum atomic E-state index is -0.548. The maximum Gasteiger partial charge on any atom is 0.254 e. The van der Waals surface area contributed by atoms with E-state index in [1.807, 2.05) is 4.90 Å². The van der Waals surface area contributed by atoms with Gasteiger partial charge < -0.3 is 14.5 Å².